The molecule has 1 atom stereocenters. The van der Waals surface area contributed by atoms with Crippen LogP contribution in [0.25, 0.3) is 0 Å². The Bertz CT molecular complexity index is 417. The van der Waals surface area contributed by atoms with E-state index in [2.05, 4.69) is 0 Å². The molecule has 0 aliphatic rings. The van der Waals surface area contributed by atoms with Crippen molar-refractivity contribution >= 4 is 5.91 Å². The van der Waals surface area contributed by atoms with Crippen LogP contribution in [0.15, 0.2) is 24.3 Å². The first-order valence-corrected chi connectivity index (χ1v) is 5.28. The standard InChI is InChI=1S/C12H13F4NO/c1-7-3-5-9(6-4-7)8(2)17-11(18)12(15,16)10(13)14/h3-6,8,10H,1-2H3,(H,17,18). The van der Waals surface area contributed by atoms with Crippen LogP contribution >= 0.6 is 0 Å². The van der Waals surface area contributed by atoms with E-state index >= 15 is 0 Å². The molecule has 0 saturated heterocycles. The van der Waals surface area contributed by atoms with Gasteiger partial charge in [-0.2, -0.15) is 8.78 Å². The van der Waals surface area contributed by atoms with Crippen molar-refractivity contribution in [1.82, 2.24) is 5.32 Å². The first-order valence-electron chi connectivity index (χ1n) is 5.28. The van der Waals surface area contributed by atoms with Crippen LogP contribution in [0.3, 0.4) is 0 Å². The average molecular weight is 263 g/mol. The third kappa shape index (κ3) is 3.21. The summed E-state index contributed by atoms with van der Waals surface area (Å²) < 4.78 is 49.4. The third-order valence-corrected chi connectivity index (χ3v) is 2.50. The van der Waals surface area contributed by atoms with Crippen LogP contribution in [0.5, 0.6) is 0 Å². The Hall–Kier alpha value is -1.59. The molecule has 0 radical (unpaired) electrons. The minimum absolute atomic E-state index is 0.569. The van der Waals surface area contributed by atoms with Gasteiger partial charge in [0.05, 0.1) is 6.04 Å². The number of benzene rings is 1. The van der Waals surface area contributed by atoms with Gasteiger partial charge >= 0.3 is 12.3 Å². The summed E-state index contributed by atoms with van der Waals surface area (Å²) in [7, 11) is 0. The third-order valence-electron chi connectivity index (χ3n) is 2.50. The molecule has 1 unspecified atom stereocenters. The summed E-state index contributed by atoms with van der Waals surface area (Å²) in [5.74, 6) is -6.63. The first kappa shape index (κ1) is 14.5. The minimum atomic E-state index is -4.67. The summed E-state index contributed by atoms with van der Waals surface area (Å²) in [6.45, 7) is 3.29. The monoisotopic (exact) mass is 263 g/mol. The minimum Gasteiger partial charge on any atom is -0.344 e. The van der Waals surface area contributed by atoms with E-state index in [4.69, 9.17) is 0 Å². The maximum absolute atomic E-state index is 12.7. The van der Waals surface area contributed by atoms with Crippen LogP contribution in [0.2, 0.25) is 0 Å². The van der Waals surface area contributed by atoms with E-state index < -0.39 is 24.3 Å². The molecule has 100 valence electrons. The molecule has 0 spiro atoms. The van der Waals surface area contributed by atoms with E-state index in [0.717, 1.165) is 5.56 Å². The van der Waals surface area contributed by atoms with Gasteiger partial charge in [0.15, 0.2) is 0 Å². The quantitative estimate of drug-likeness (QED) is 0.831. The maximum atomic E-state index is 12.7. The van der Waals surface area contributed by atoms with Crippen molar-refractivity contribution in [2.75, 3.05) is 0 Å². The molecule has 0 aliphatic heterocycles. The number of alkyl halides is 4. The van der Waals surface area contributed by atoms with Gasteiger partial charge in [-0.05, 0) is 19.4 Å². The molecule has 0 aromatic heterocycles. The predicted molar refractivity (Wildman–Crippen MR) is 58.7 cm³/mol. The largest absolute Gasteiger partial charge is 0.383 e. The molecule has 0 aliphatic carbocycles. The summed E-state index contributed by atoms with van der Waals surface area (Å²) in [4.78, 5) is 11.0. The summed E-state index contributed by atoms with van der Waals surface area (Å²) in [5, 5.41) is 1.87. The molecule has 1 aromatic rings. The SMILES string of the molecule is Cc1ccc(C(C)NC(=O)C(F)(F)C(F)F)cc1. The van der Waals surface area contributed by atoms with E-state index in [1.165, 1.54) is 6.92 Å². The number of rotatable bonds is 4. The van der Waals surface area contributed by atoms with Crippen LogP contribution in [0, 0.1) is 6.92 Å². The van der Waals surface area contributed by atoms with Crippen LogP contribution in [0.1, 0.15) is 24.1 Å². The van der Waals surface area contributed by atoms with Crippen molar-refractivity contribution in [2.24, 2.45) is 0 Å². The number of aryl methyl sites for hydroxylation is 1. The smallest absolute Gasteiger partial charge is 0.344 e. The molecule has 18 heavy (non-hydrogen) atoms. The number of hydrogen-bond donors (Lipinski definition) is 1. The number of halogens is 4. The highest BCUT2D eigenvalue weighted by Gasteiger charge is 2.49. The van der Waals surface area contributed by atoms with Crippen molar-refractivity contribution in [3.8, 4) is 0 Å². The van der Waals surface area contributed by atoms with E-state index in [9.17, 15) is 22.4 Å². The normalized spacial score (nSPS) is 13.5. The Balaban J connectivity index is 2.73. The second-order valence-electron chi connectivity index (χ2n) is 4.03. The summed E-state index contributed by atoms with van der Waals surface area (Å²) in [5.41, 5.74) is 1.54. The maximum Gasteiger partial charge on any atom is 0.383 e. The fraction of sp³-hybridized carbons (Fsp3) is 0.417. The zero-order valence-corrected chi connectivity index (χ0v) is 9.88. The molecular weight excluding hydrogens is 250 g/mol. The van der Waals surface area contributed by atoms with Gasteiger partial charge in [0.2, 0.25) is 0 Å². The molecule has 2 nitrogen and oxygen atoms in total. The Morgan fingerprint density at radius 3 is 2.17 bits per heavy atom. The van der Waals surface area contributed by atoms with Crippen molar-refractivity contribution in [3.63, 3.8) is 0 Å². The van der Waals surface area contributed by atoms with Crippen LogP contribution in [-0.2, 0) is 4.79 Å². The molecule has 0 heterocycles. The first-order chi connectivity index (χ1) is 8.25. The molecule has 1 amide bonds. The average Bonchev–Trinajstić information content (AvgIpc) is 2.29. The lowest BCUT2D eigenvalue weighted by molar-refractivity contribution is -0.170. The predicted octanol–water partition coefficient (Wildman–Crippen LogP) is 3.07. The second kappa shape index (κ2) is 5.37. The Labute approximate surface area is 102 Å². The fourth-order valence-corrected chi connectivity index (χ4v) is 1.33. The molecule has 0 fully saturated rings. The van der Waals surface area contributed by atoms with Crippen LogP contribution < -0.4 is 5.32 Å². The van der Waals surface area contributed by atoms with Gasteiger partial charge in [0.25, 0.3) is 5.91 Å². The number of carbonyl (C=O) groups is 1. The second-order valence-corrected chi connectivity index (χ2v) is 4.03. The van der Waals surface area contributed by atoms with Gasteiger partial charge in [-0.25, -0.2) is 8.78 Å². The lowest BCUT2D eigenvalue weighted by Gasteiger charge is -2.19. The van der Waals surface area contributed by atoms with Crippen LogP contribution in [-0.4, -0.2) is 18.3 Å². The Morgan fingerprint density at radius 1 is 1.22 bits per heavy atom. The molecule has 1 aromatic carbocycles. The Morgan fingerprint density at radius 2 is 1.72 bits per heavy atom. The van der Waals surface area contributed by atoms with Crippen LogP contribution in [0.4, 0.5) is 17.6 Å². The zero-order valence-electron chi connectivity index (χ0n) is 9.88. The number of amides is 1. The van der Waals surface area contributed by atoms with Gasteiger partial charge in [0, 0.05) is 0 Å². The highest BCUT2D eigenvalue weighted by atomic mass is 19.3. The summed E-state index contributed by atoms with van der Waals surface area (Å²) >= 11 is 0. The lowest BCUT2D eigenvalue weighted by atomic mass is 10.1. The number of nitrogens with one attached hydrogen (secondary N) is 1. The van der Waals surface area contributed by atoms with Crippen molar-refractivity contribution < 1.29 is 22.4 Å². The Kier molecular flexibility index (Phi) is 4.32. The highest BCUT2D eigenvalue weighted by Crippen LogP contribution is 2.24. The van der Waals surface area contributed by atoms with Crippen molar-refractivity contribution in [2.45, 2.75) is 32.2 Å². The topological polar surface area (TPSA) is 29.1 Å². The molecule has 6 heteroatoms. The lowest BCUT2D eigenvalue weighted by Crippen LogP contribution is -2.45. The summed E-state index contributed by atoms with van der Waals surface area (Å²) in [6.07, 6.45) is -4.01. The molecule has 0 bridgehead atoms. The van der Waals surface area contributed by atoms with Gasteiger partial charge < -0.3 is 5.32 Å². The molecular formula is C12H13F4NO. The van der Waals surface area contributed by atoms with E-state index in [-0.39, 0.29) is 0 Å². The van der Waals surface area contributed by atoms with Gasteiger partial charge in [-0.3, -0.25) is 4.79 Å². The molecule has 1 N–H and O–H groups in total. The van der Waals surface area contributed by atoms with Gasteiger partial charge in [-0.1, -0.05) is 29.8 Å². The van der Waals surface area contributed by atoms with E-state index in [0.29, 0.717) is 5.56 Å². The van der Waals surface area contributed by atoms with Crippen molar-refractivity contribution in [1.29, 1.82) is 0 Å². The molecule has 0 saturated carbocycles. The highest BCUT2D eigenvalue weighted by molar-refractivity contribution is 5.84. The summed E-state index contributed by atoms with van der Waals surface area (Å²) in [6, 6.07) is 6.00. The van der Waals surface area contributed by atoms with Gasteiger partial charge in [-0.15, -0.1) is 0 Å². The van der Waals surface area contributed by atoms with E-state index in [1.54, 1.807) is 24.3 Å². The fourth-order valence-electron chi connectivity index (χ4n) is 1.33. The number of hydrogen-bond acceptors (Lipinski definition) is 1. The number of carbonyl (C=O) groups excluding carboxylic acids is 1. The van der Waals surface area contributed by atoms with E-state index in [1.807, 2.05) is 12.2 Å². The zero-order chi connectivity index (χ0) is 13.9. The molecule has 1 rings (SSSR count). The van der Waals surface area contributed by atoms with Crippen molar-refractivity contribution in [3.05, 3.63) is 35.4 Å². The van der Waals surface area contributed by atoms with Gasteiger partial charge in [0.1, 0.15) is 0 Å².